The third-order valence-corrected chi connectivity index (χ3v) is 4.38. The standard InChI is InChI=1S/C15H17NO2S/c1-16-9-11-7-8-19-15(11)14(10-16)18-13-6-4-3-5-12(13)17-2/h3-8,14H,9-10H2,1-2H3. The first-order valence-corrected chi connectivity index (χ1v) is 7.20. The van der Waals surface area contributed by atoms with Crippen LogP contribution in [0.1, 0.15) is 16.5 Å². The van der Waals surface area contributed by atoms with Gasteiger partial charge in [0.15, 0.2) is 11.5 Å². The lowest BCUT2D eigenvalue weighted by Gasteiger charge is -2.30. The number of hydrogen-bond donors (Lipinski definition) is 0. The van der Waals surface area contributed by atoms with E-state index < -0.39 is 0 Å². The first-order chi connectivity index (χ1) is 9.28. The normalized spacial score (nSPS) is 18.9. The lowest BCUT2D eigenvalue weighted by Crippen LogP contribution is -2.31. The SMILES string of the molecule is COc1ccccc1OC1CN(C)Cc2ccsc21. The molecule has 0 aliphatic carbocycles. The van der Waals surface area contributed by atoms with Crippen molar-refractivity contribution in [3.63, 3.8) is 0 Å². The van der Waals surface area contributed by atoms with Crippen LogP contribution < -0.4 is 9.47 Å². The zero-order valence-corrected chi connectivity index (χ0v) is 11.9. The van der Waals surface area contributed by atoms with Crippen LogP contribution in [0.5, 0.6) is 11.5 Å². The summed E-state index contributed by atoms with van der Waals surface area (Å²) in [6.07, 6.45) is 0.0880. The monoisotopic (exact) mass is 275 g/mol. The van der Waals surface area contributed by atoms with Crippen molar-refractivity contribution in [3.05, 3.63) is 46.2 Å². The molecule has 0 spiro atoms. The predicted molar refractivity (Wildman–Crippen MR) is 77.0 cm³/mol. The Hall–Kier alpha value is -1.52. The first kappa shape index (κ1) is 12.5. The highest BCUT2D eigenvalue weighted by molar-refractivity contribution is 7.10. The molecule has 1 atom stereocenters. The molecule has 0 N–H and O–H groups in total. The molecule has 4 heteroatoms. The molecule has 0 saturated carbocycles. The van der Waals surface area contributed by atoms with Gasteiger partial charge in [0.1, 0.15) is 6.10 Å². The molecular weight excluding hydrogens is 258 g/mol. The summed E-state index contributed by atoms with van der Waals surface area (Å²) in [6, 6.07) is 10.0. The molecule has 0 bridgehead atoms. The Kier molecular flexibility index (Phi) is 3.44. The van der Waals surface area contributed by atoms with Crippen molar-refractivity contribution in [2.75, 3.05) is 20.7 Å². The number of para-hydroxylation sites is 2. The van der Waals surface area contributed by atoms with E-state index in [1.807, 2.05) is 24.3 Å². The molecule has 0 radical (unpaired) electrons. The minimum atomic E-state index is 0.0880. The zero-order chi connectivity index (χ0) is 13.2. The predicted octanol–water partition coefficient (Wildman–Crippen LogP) is 3.32. The Morgan fingerprint density at radius 3 is 2.79 bits per heavy atom. The second-order valence-electron chi connectivity index (χ2n) is 4.76. The molecule has 2 aromatic rings. The highest BCUT2D eigenvalue weighted by Gasteiger charge is 2.26. The smallest absolute Gasteiger partial charge is 0.162 e. The molecule has 0 saturated heterocycles. The van der Waals surface area contributed by atoms with Crippen LogP contribution in [0.2, 0.25) is 0 Å². The van der Waals surface area contributed by atoms with Crippen molar-refractivity contribution in [1.29, 1.82) is 0 Å². The Morgan fingerprint density at radius 1 is 1.21 bits per heavy atom. The van der Waals surface area contributed by atoms with Crippen molar-refractivity contribution in [3.8, 4) is 11.5 Å². The van der Waals surface area contributed by atoms with Crippen LogP contribution in [0.15, 0.2) is 35.7 Å². The molecule has 3 rings (SSSR count). The fraction of sp³-hybridized carbons (Fsp3) is 0.333. The van der Waals surface area contributed by atoms with Gasteiger partial charge < -0.3 is 9.47 Å². The molecule has 1 aliphatic rings. The third-order valence-electron chi connectivity index (χ3n) is 3.33. The Labute approximate surface area is 117 Å². The maximum atomic E-state index is 6.18. The van der Waals surface area contributed by atoms with Gasteiger partial charge in [-0.1, -0.05) is 12.1 Å². The second-order valence-corrected chi connectivity index (χ2v) is 5.71. The topological polar surface area (TPSA) is 21.7 Å². The third kappa shape index (κ3) is 2.46. The van der Waals surface area contributed by atoms with Gasteiger partial charge in [-0.3, -0.25) is 4.90 Å². The van der Waals surface area contributed by atoms with E-state index >= 15 is 0 Å². The number of likely N-dealkylation sites (N-methyl/N-ethyl adjacent to an activating group) is 1. The van der Waals surface area contributed by atoms with Crippen molar-refractivity contribution >= 4 is 11.3 Å². The molecule has 2 heterocycles. The van der Waals surface area contributed by atoms with Gasteiger partial charge in [-0.15, -0.1) is 11.3 Å². The molecule has 0 fully saturated rings. The lowest BCUT2D eigenvalue weighted by atomic mass is 10.1. The molecular formula is C15H17NO2S. The summed E-state index contributed by atoms with van der Waals surface area (Å²) in [4.78, 5) is 3.62. The van der Waals surface area contributed by atoms with Crippen molar-refractivity contribution < 1.29 is 9.47 Å². The fourth-order valence-electron chi connectivity index (χ4n) is 2.44. The fourth-order valence-corrected chi connectivity index (χ4v) is 3.38. The average molecular weight is 275 g/mol. The van der Waals surface area contributed by atoms with Crippen LogP contribution in [-0.2, 0) is 6.54 Å². The quantitative estimate of drug-likeness (QED) is 0.857. The van der Waals surface area contributed by atoms with Gasteiger partial charge in [0.25, 0.3) is 0 Å². The maximum absolute atomic E-state index is 6.18. The van der Waals surface area contributed by atoms with Crippen LogP contribution in [0.25, 0.3) is 0 Å². The Bertz CT molecular complexity index is 567. The van der Waals surface area contributed by atoms with Gasteiger partial charge in [-0.05, 0) is 36.2 Å². The molecule has 0 amide bonds. The summed E-state index contributed by atoms with van der Waals surface area (Å²) >= 11 is 1.78. The van der Waals surface area contributed by atoms with Crippen LogP contribution in [0.4, 0.5) is 0 Å². The summed E-state index contributed by atoms with van der Waals surface area (Å²) < 4.78 is 11.5. The highest BCUT2D eigenvalue weighted by Crippen LogP contribution is 2.36. The van der Waals surface area contributed by atoms with Crippen molar-refractivity contribution in [1.82, 2.24) is 4.90 Å². The summed E-state index contributed by atoms with van der Waals surface area (Å²) in [6.45, 7) is 1.91. The van der Waals surface area contributed by atoms with E-state index in [9.17, 15) is 0 Å². The Morgan fingerprint density at radius 2 is 2.00 bits per heavy atom. The largest absolute Gasteiger partial charge is 0.493 e. The van der Waals surface area contributed by atoms with E-state index in [-0.39, 0.29) is 6.10 Å². The average Bonchev–Trinajstić information content (AvgIpc) is 2.87. The number of thiophene rings is 1. The van der Waals surface area contributed by atoms with E-state index in [4.69, 9.17) is 9.47 Å². The number of fused-ring (bicyclic) bond motifs is 1. The van der Waals surface area contributed by atoms with Gasteiger partial charge >= 0.3 is 0 Å². The number of hydrogen-bond acceptors (Lipinski definition) is 4. The lowest BCUT2D eigenvalue weighted by molar-refractivity contribution is 0.129. The number of methoxy groups -OCH3 is 1. The number of nitrogens with zero attached hydrogens (tertiary/aromatic N) is 1. The second kappa shape index (κ2) is 5.23. The molecule has 19 heavy (non-hydrogen) atoms. The molecule has 1 unspecified atom stereocenters. The van der Waals surface area contributed by atoms with Crippen LogP contribution >= 0.6 is 11.3 Å². The van der Waals surface area contributed by atoms with E-state index in [1.165, 1.54) is 10.4 Å². The molecule has 100 valence electrons. The van der Waals surface area contributed by atoms with Gasteiger partial charge in [-0.25, -0.2) is 0 Å². The minimum absolute atomic E-state index is 0.0880. The molecule has 1 aliphatic heterocycles. The van der Waals surface area contributed by atoms with Crippen molar-refractivity contribution in [2.45, 2.75) is 12.6 Å². The van der Waals surface area contributed by atoms with E-state index in [2.05, 4.69) is 23.4 Å². The highest BCUT2D eigenvalue weighted by atomic mass is 32.1. The summed E-state index contributed by atoms with van der Waals surface area (Å²) in [5.74, 6) is 1.60. The van der Waals surface area contributed by atoms with Crippen LogP contribution in [0.3, 0.4) is 0 Å². The van der Waals surface area contributed by atoms with Gasteiger partial charge in [0.05, 0.1) is 12.0 Å². The summed E-state index contributed by atoms with van der Waals surface area (Å²) in [5.41, 5.74) is 1.37. The molecule has 1 aromatic heterocycles. The molecule has 1 aromatic carbocycles. The molecule has 3 nitrogen and oxygen atoms in total. The van der Waals surface area contributed by atoms with Crippen LogP contribution in [-0.4, -0.2) is 25.6 Å². The van der Waals surface area contributed by atoms with Crippen molar-refractivity contribution in [2.24, 2.45) is 0 Å². The zero-order valence-electron chi connectivity index (χ0n) is 11.1. The minimum Gasteiger partial charge on any atom is -0.493 e. The number of benzene rings is 1. The maximum Gasteiger partial charge on any atom is 0.162 e. The van der Waals surface area contributed by atoms with Crippen LogP contribution in [0, 0.1) is 0 Å². The Balaban J connectivity index is 1.88. The van der Waals surface area contributed by atoms with Gasteiger partial charge in [-0.2, -0.15) is 0 Å². The first-order valence-electron chi connectivity index (χ1n) is 6.32. The number of ether oxygens (including phenoxy) is 2. The van der Waals surface area contributed by atoms with Gasteiger partial charge in [0, 0.05) is 13.1 Å². The van der Waals surface area contributed by atoms with E-state index in [1.54, 1.807) is 18.4 Å². The summed E-state index contributed by atoms with van der Waals surface area (Å²) in [7, 11) is 3.80. The summed E-state index contributed by atoms with van der Waals surface area (Å²) in [5, 5.41) is 2.14. The number of rotatable bonds is 3. The van der Waals surface area contributed by atoms with Gasteiger partial charge in [0.2, 0.25) is 0 Å². The van der Waals surface area contributed by atoms with E-state index in [0.717, 1.165) is 24.6 Å². The van der Waals surface area contributed by atoms with E-state index in [0.29, 0.717) is 0 Å².